The molecule has 0 bridgehead atoms. The lowest BCUT2D eigenvalue weighted by molar-refractivity contribution is 0.562. The standard InChI is InChI=1S/C11H10N4/c1-2-4-9-8(3-1)5-6-10(14-9)11-12-7-13-15-11/h1-7,11,15H,(H,12,13). The highest BCUT2D eigenvalue weighted by molar-refractivity contribution is 5.78. The molecule has 0 spiro atoms. The maximum absolute atomic E-state index is 4.55. The minimum Gasteiger partial charge on any atom is -0.349 e. The van der Waals surface area contributed by atoms with E-state index < -0.39 is 0 Å². The summed E-state index contributed by atoms with van der Waals surface area (Å²) in [6.45, 7) is 0. The molecular weight excluding hydrogens is 188 g/mol. The molecule has 2 N–H and O–H groups in total. The Bertz CT molecular complexity index is 513. The van der Waals surface area contributed by atoms with Gasteiger partial charge in [0.1, 0.15) is 6.34 Å². The number of nitrogens with zero attached hydrogens (tertiary/aromatic N) is 2. The van der Waals surface area contributed by atoms with Gasteiger partial charge in [-0.2, -0.15) is 5.10 Å². The number of pyridine rings is 1. The largest absolute Gasteiger partial charge is 0.349 e. The lowest BCUT2D eigenvalue weighted by Gasteiger charge is -2.10. The number of aromatic nitrogens is 1. The van der Waals surface area contributed by atoms with Gasteiger partial charge in [0.25, 0.3) is 0 Å². The van der Waals surface area contributed by atoms with E-state index in [9.17, 15) is 0 Å². The second kappa shape index (κ2) is 3.24. The van der Waals surface area contributed by atoms with Crippen LogP contribution in [0.3, 0.4) is 0 Å². The molecule has 0 fully saturated rings. The molecule has 1 atom stereocenters. The molecule has 2 heterocycles. The minimum atomic E-state index is -0.00499. The Kier molecular flexibility index (Phi) is 1.78. The number of hydrogen-bond acceptors (Lipinski definition) is 4. The van der Waals surface area contributed by atoms with Crippen molar-refractivity contribution in [3.05, 3.63) is 42.1 Å². The highest BCUT2D eigenvalue weighted by atomic mass is 15.4. The van der Waals surface area contributed by atoms with Crippen molar-refractivity contribution in [2.24, 2.45) is 5.10 Å². The van der Waals surface area contributed by atoms with Crippen molar-refractivity contribution in [3.8, 4) is 0 Å². The summed E-state index contributed by atoms with van der Waals surface area (Å²) in [4.78, 5) is 4.55. The van der Waals surface area contributed by atoms with Crippen molar-refractivity contribution in [1.82, 2.24) is 15.7 Å². The van der Waals surface area contributed by atoms with Crippen LogP contribution in [0, 0.1) is 0 Å². The first-order valence-electron chi connectivity index (χ1n) is 4.82. The third-order valence-electron chi connectivity index (χ3n) is 2.43. The van der Waals surface area contributed by atoms with Gasteiger partial charge in [-0.1, -0.05) is 24.3 Å². The first kappa shape index (κ1) is 8.23. The molecule has 1 unspecified atom stereocenters. The van der Waals surface area contributed by atoms with E-state index in [0.29, 0.717) is 0 Å². The van der Waals surface area contributed by atoms with Crippen LogP contribution in [0.15, 0.2) is 41.5 Å². The summed E-state index contributed by atoms with van der Waals surface area (Å²) in [6.07, 6.45) is 1.64. The number of hydrogen-bond donors (Lipinski definition) is 2. The first-order chi connectivity index (χ1) is 7.43. The molecule has 0 saturated heterocycles. The molecule has 2 aromatic rings. The molecule has 15 heavy (non-hydrogen) atoms. The minimum absolute atomic E-state index is 0.00499. The van der Waals surface area contributed by atoms with Crippen LogP contribution in [0.1, 0.15) is 11.9 Å². The van der Waals surface area contributed by atoms with Gasteiger partial charge in [-0.15, -0.1) is 0 Å². The molecule has 1 aliphatic heterocycles. The van der Waals surface area contributed by atoms with Crippen LogP contribution in [0.25, 0.3) is 10.9 Å². The maximum Gasteiger partial charge on any atom is 0.157 e. The van der Waals surface area contributed by atoms with Gasteiger partial charge in [0.05, 0.1) is 11.2 Å². The summed E-state index contributed by atoms with van der Waals surface area (Å²) in [6, 6.07) is 12.1. The van der Waals surface area contributed by atoms with E-state index in [1.807, 2.05) is 24.3 Å². The maximum atomic E-state index is 4.55. The zero-order chi connectivity index (χ0) is 10.1. The number of nitrogens with one attached hydrogen (secondary N) is 2. The Labute approximate surface area is 87.0 Å². The second-order valence-electron chi connectivity index (χ2n) is 3.42. The van der Waals surface area contributed by atoms with Gasteiger partial charge in [0.2, 0.25) is 0 Å². The van der Waals surface area contributed by atoms with E-state index in [4.69, 9.17) is 0 Å². The van der Waals surface area contributed by atoms with Crippen molar-refractivity contribution in [1.29, 1.82) is 0 Å². The molecule has 0 radical (unpaired) electrons. The second-order valence-corrected chi connectivity index (χ2v) is 3.42. The predicted octanol–water partition coefficient (Wildman–Crippen LogP) is 1.37. The van der Waals surface area contributed by atoms with E-state index in [0.717, 1.165) is 16.6 Å². The fourth-order valence-corrected chi connectivity index (χ4v) is 1.65. The monoisotopic (exact) mass is 198 g/mol. The smallest absolute Gasteiger partial charge is 0.157 e. The summed E-state index contributed by atoms with van der Waals surface area (Å²) in [5.41, 5.74) is 4.89. The molecule has 1 aromatic heterocycles. The third-order valence-corrected chi connectivity index (χ3v) is 2.43. The fraction of sp³-hybridized carbons (Fsp3) is 0.0909. The molecule has 3 rings (SSSR count). The van der Waals surface area contributed by atoms with E-state index in [1.165, 1.54) is 0 Å². The van der Waals surface area contributed by atoms with E-state index in [2.05, 4.69) is 33.0 Å². The first-order valence-corrected chi connectivity index (χ1v) is 4.82. The van der Waals surface area contributed by atoms with Gasteiger partial charge in [0.15, 0.2) is 6.17 Å². The topological polar surface area (TPSA) is 49.3 Å². The number of benzene rings is 1. The molecule has 0 saturated carbocycles. The summed E-state index contributed by atoms with van der Waals surface area (Å²) in [5.74, 6) is 0. The van der Waals surface area contributed by atoms with Crippen molar-refractivity contribution < 1.29 is 0 Å². The molecule has 1 aliphatic rings. The Hall–Kier alpha value is -2.10. The lowest BCUT2D eigenvalue weighted by atomic mass is 10.2. The molecule has 74 valence electrons. The normalized spacial score (nSPS) is 18.8. The molecule has 1 aromatic carbocycles. The van der Waals surface area contributed by atoms with Crippen molar-refractivity contribution in [2.45, 2.75) is 6.17 Å². The Morgan fingerprint density at radius 3 is 2.87 bits per heavy atom. The van der Waals surface area contributed by atoms with Crippen LogP contribution < -0.4 is 10.7 Å². The Morgan fingerprint density at radius 2 is 2.00 bits per heavy atom. The molecule has 0 aliphatic carbocycles. The summed E-state index contributed by atoms with van der Waals surface area (Å²) >= 11 is 0. The van der Waals surface area contributed by atoms with Gasteiger partial charge >= 0.3 is 0 Å². The van der Waals surface area contributed by atoms with E-state index >= 15 is 0 Å². The van der Waals surface area contributed by atoms with Gasteiger partial charge < -0.3 is 5.32 Å². The third kappa shape index (κ3) is 1.40. The Balaban J connectivity index is 2.06. The SMILES string of the molecule is C1=NNC(c2ccc3ccccc3n2)N1. The van der Waals surface area contributed by atoms with E-state index in [1.54, 1.807) is 6.34 Å². The molecule has 4 heteroatoms. The van der Waals surface area contributed by atoms with Gasteiger partial charge in [-0.25, -0.2) is 4.98 Å². The van der Waals surface area contributed by atoms with Crippen molar-refractivity contribution in [3.63, 3.8) is 0 Å². The summed E-state index contributed by atoms with van der Waals surface area (Å²) < 4.78 is 0. The number of hydrazone groups is 1. The average Bonchev–Trinajstić information content (AvgIpc) is 2.82. The highest BCUT2D eigenvalue weighted by Crippen LogP contribution is 2.15. The van der Waals surface area contributed by atoms with Gasteiger partial charge in [-0.05, 0) is 12.1 Å². The Morgan fingerprint density at radius 1 is 1.07 bits per heavy atom. The van der Waals surface area contributed by atoms with Crippen molar-refractivity contribution in [2.75, 3.05) is 0 Å². The van der Waals surface area contributed by atoms with Crippen LogP contribution in [0.2, 0.25) is 0 Å². The van der Waals surface area contributed by atoms with Crippen LogP contribution in [-0.2, 0) is 0 Å². The van der Waals surface area contributed by atoms with E-state index in [-0.39, 0.29) is 6.17 Å². The average molecular weight is 198 g/mol. The summed E-state index contributed by atoms with van der Waals surface area (Å²) in [5, 5.41) is 8.12. The van der Waals surface area contributed by atoms with Crippen LogP contribution >= 0.6 is 0 Å². The van der Waals surface area contributed by atoms with Crippen LogP contribution in [0.5, 0.6) is 0 Å². The zero-order valence-electron chi connectivity index (χ0n) is 8.01. The van der Waals surface area contributed by atoms with Crippen LogP contribution in [-0.4, -0.2) is 11.3 Å². The van der Waals surface area contributed by atoms with Crippen molar-refractivity contribution >= 4 is 17.2 Å². The summed E-state index contributed by atoms with van der Waals surface area (Å²) in [7, 11) is 0. The number of rotatable bonds is 1. The number of fused-ring (bicyclic) bond motifs is 1. The van der Waals surface area contributed by atoms with Gasteiger partial charge in [0, 0.05) is 5.39 Å². The molecule has 0 amide bonds. The predicted molar refractivity (Wildman–Crippen MR) is 59.2 cm³/mol. The zero-order valence-corrected chi connectivity index (χ0v) is 8.01. The quantitative estimate of drug-likeness (QED) is 0.727. The molecular formula is C11H10N4. The van der Waals surface area contributed by atoms with Crippen LogP contribution in [0.4, 0.5) is 0 Å². The fourth-order valence-electron chi connectivity index (χ4n) is 1.65. The molecule has 4 nitrogen and oxygen atoms in total. The highest BCUT2D eigenvalue weighted by Gasteiger charge is 2.13. The lowest BCUT2D eigenvalue weighted by Crippen LogP contribution is -2.23. The van der Waals surface area contributed by atoms with Gasteiger partial charge in [-0.3, -0.25) is 5.43 Å². The number of para-hydroxylation sites is 1.